The molecule has 5 heteroatoms. The fourth-order valence-corrected chi connectivity index (χ4v) is 1.61. The highest BCUT2D eigenvalue weighted by Crippen LogP contribution is 2.20. The highest BCUT2D eigenvalue weighted by atomic mass is 16.4. The number of rotatable bonds is 4. The van der Waals surface area contributed by atoms with Crippen LogP contribution in [0, 0.1) is 11.3 Å². The molecular formula is C13H14N4O. The van der Waals surface area contributed by atoms with Crippen molar-refractivity contribution in [3.8, 4) is 17.5 Å². The predicted molar refractivity (Wildman–Crippen MR) is 66.5 cm³/mol. The van der Waals surface area contributed by atoms with Gasteiger partial charge in [0.2, 0.25) is 11.8 Å². The van der Waals surface area contributed by atoms with Gasteiger partial charge in [-0.05, 0) is 37.7 Å². The molecule has 1 atom stereocenters. The molecule has 2 aromatic rings. The molecular weight excluding hydrogens is 228 g/mol. The maximum Gasteiger partial charge on any atom is 0.247 e. The van der Waals surface area contributed by atoms with Gasteiger partial charge < -0.3 is 9.73 Å². The van der Waals surface area contributed by atoms with Crippen molar-refractivity contribution in [1.82, 2.24) is 15.5 Å². The van der Waals surface area contributed by atoms with Crippen LogP contribution in [0.5, 0.6) is 0 Å². The van der Waals surface area contributed by atoms with E-state index in [0.717, 1.165) is 12.1 Å². The van der Waals surface area contributed by atoms with Crippen LogP contribution in [0.1, 0.15) is 31.3 Å². The smallest absolute Gasteiger partial charge is 0.247 e. The van der Waals surface area contributed by atoms with E-state index in [4.69, 9.17) is 9.68 Å². The monoisotopic (exact) mass is 242 g/mol. The van der Waals surface area contributed by atoms with Crippen molar-refractivity contribution >= 4 is 0 Å². The molecule has 1 unspecified atom stereocenters. The first-order valence-electron chi connectivity index (χ1n) is 5.82. The molecule has 0 aliphatic carbocycles. The van der Waals surface area contributed by atoms with E-state index in [1.165, 1.54) is 0 Å². The third-order valence-electron chi connectivity index (χ3n) is 2.58. The summed E-state index contributed by atoms with van der Waals surface area (Å²) in [6.45, 7) is 4.84. The van der Waals surface area contributed by atoms with Gasteiger partial charge >= 0.3 is 0 Å². The lowest BCUT2D eigenvalue weighted by Crippen LogP contribution is -2.17. The average molecular weight is 242 g/mol. The van der Waals surface area contributed by atoms with Crippen molar-refractivity contribution in [2.75, 3.05) is 6.54 Å². The Balaban J connectivity index is 2.21. The van der Waals surface area contributed by atoms with Crippen LogP contribution in [-0.2, 0) is 0 Å². The summed E-state index contributed by atoms with van der Waals surface area (Å²) >= 11 is 0. The quantitative estimate of drug-likeness (QED) is 0.890. The second-order valence-corrected chi connectivity index (χ2v) is 3.91. The Morgan fingerprint density at radius 2 is 2.06 bits per heavy atom. The molecule has 0 spiro atoms. The Morgan fingerprint density at radius 1 is 1.33 bits per heavy atom. The SMILES string of the molecule is CCNC(C)c1nnc(-c2ccc(C#N)cc2)o1. The zero-order valence-electron chi connectivity index (χ0n) is 10.3. The van der Waals surface area contributed by atoms with Crippen LogP contribution < -0.4 is 5.32 Å². The first-order valence-corrected chi connectivity index (χ1v) is 5.82. The summed E-state index contributed by atoms with van der Waals surface area (Å²) in [6, 6.07) is 9.16. The Hall–Kier alpha value is -2.19. The minimum absolute atomic E-state index is 0.0367. The molecule has 18 heavy (non-hydrogen) atoms. The molecule has 0 fully saturated rings. The van der Waals surface area contributed by atoms with Gasteiger partial charge in [0.25, 0.3) is 0 Å². The van der Waals surface area contributed by atoms with Crippen LogP contribution in [0.3, 0.4) is 0 Å². The van der Waals surface area contributed by atoms with Gasteiger partial charge in [-0.25, -0.2) is 0 Å². The van der Waals surface area contributed by atoms with Gasteiger partial charge in [-0.3, -0.25) is 0 Å². The van der Waals surface area contributed by atoms with E-state index in [1.54, 1.807) is 24.3 Å². The van der Waals surface area contributed by atoms with Gasteiger partial charge in [0.15, 0.2) is 0 Å². The summed E-state index contributed by atoms with van der Waals surface area (Å²) in [5.74, 6) is 1.04. The van der Waals surface area contributed by atoms with Crippen LogP contribution in [0.2, 0.25) is 0 Å². The Bertz CT molecular complexity index is 553. The fraction of sp³-hybridized carbons (Fsp3) is 0.308. The minimum atomic E-state index is 0.0367. The largest absolute Gasteiger partial charge is 0.419 e. The van der Waals surface area contributed by atoms with Gasteiger partial charge in [-0.1, -0.05) is 6.92 Å². The summed E-state index contributed by atoms with van der Waals surface area (Å²) in [6.07, 6.45) is 0. The summed E-state index contributed by atoms with van der Waals surface area (Å²) in [7, 11) is 0. The number of aromatic nitrogens is 2. The lowest BCUT2D eigenvalue weighted by atomic mass is 10.1. The van der Waals surface area contributed by atoms with Crippen molar-refractivity contribution in [3.63, 3.8) is 0 Å². The average Bonchev–Trinajstić information content (AvgIpc) is 2.89. The fourth-order valence-electron chi connectivity index (χ4n) is 1.61. The zero-order chi connectivity index (χ0) is 13.0. The molecule has 92 valence electrons. The van der Waals surface area contributed by atoms with Crippen molar-refractivity contribution in [1.29, 1.82) is 5.26 Å². The normalized spacial score (nSPS) is 12.1. The first kappa shape index (κ1) is 12.3. The predicted octanol–water partition coefficient (Wildman–Crippen LogP) is 2.28. The molecule has 1 aromatic carbocycles. The van der Waals surface area contributed by atoms with Gasteiger partial charge in [0.1, 0.15) is 0 Å². The molecule has 0 saturated carbocycles. The molecule has 0 aliphatic rings. The van der Waals surface area contributed by atoms with Crippen molar-refractivity contribution in [2.45, 2.75) is 19.9 Å². The third-order valence-corrected chi connectivity index (χ3v) is 2.58. The highest BCUT2D eigenvalue weighted by Gasteiger charge is 2.13. The third kappa shape index (κ3) is 2.55. The van der Waals surface area contributed by atoms with E-state index in [9.17, 15) is 0 Å². The number of hydrogen-bond donors (Lipinski definition) is 1. The summed E-state index contributed by atoms with van der Waals surface area (Å²) < 4.78 is 5.59. The minimum Gasteiger partial charge on any atom is -0.419 e. The maximum atomic E-state index is 8.73. The zero-order valence-corrected chi connectivity index (χ0v) is 10.3. The summed E-state index contributed by atoms with van der Waals surface area (Å²) in [4.78, 5) is 0. The number of nitrogens with zero attached hydrogens (tertiary/aromatic N) is 3. The molecule has 0 amide bonds. The second-order valence-electron chi connectivity index (χ2n) is 3.91. The van der Waals surface area contributed by atoms with Gasteiger partial charge in [0.05, 0.1) is 17.7 Å². The number of hydrogen-bond acceptors (Lipinski definition) is 5. The van der Waals surface area contributed by atoms with Gasteiger partial charge in [-0.15, -0.1) is 10.2 Å². The van der Waals surface area contributed by atoms with E-state index < -0.39 is 0 Å². The summed E-state index contributed by atoms with van der Waals surface area (Å²) in [5.41, 5.74) is 1.43. The molecule has 1 N–H and O–H groups in total. The van der Waals surface area contributed by atoms with Crippen LogP contribution in [0.4, 0.5) is 0 Å². The van der Waals surface area contributed by atoms with Crippen molar-refractivity contribution in [3.05, 3.63) is 35.7 Å². The summed E-state index contributed by atoms with van der Waals surface area (Å²) in [5, 5.41) is 19.9. The number of benzene rings is 1. The van der Waals surface area contributed by atoms with Crippen molar-refractivity contribution < 1.29 is 4.42 Å². The number of nitriles is 1. The lowest BCUT2D eigenvalue weighted by molar-refractivity contribution is 0.429. The molecule has 0 aliphatic heterocycles. The van der Waals surface area contributed by atoms with Crippen molar-refractivity contribution in [2.24, 2.45) is 0 Å². The van der Waals surface area contributed by atoms with E-state index in [0.29, 0.717) is 17.3 Å². The van der Waals surface area contributed by atoms with E-state index >= 15 is 0 Å². The van der Waals surface area contributed by atoms with E-state index in [1.807, 2.05) is 13.8 Å². The molecule has 2 rings (SSSR count). The Kier molecular flexibility index (Phi) is 3.70. The van der Waals surface area contributed by atoms with Gasteiger partial charge in [-0.2, -0.15) is 5.26 Å². The maximum absolute atomic E-state index is 8.73. The Labute approximate surface area is 105 Å². The van der Waals surface area contributed by atoms with Crippen LogP contribution in [0.15, 0.2) is 28.7 Å². The standard InChI is InChI=1S/C13H14N4O/c1-3-15-9(2)12-16-17-13(18-12)11-6-4-10(8-14)5-7-11/h4-7,9,15H,3H2,1-2H3. The van der Waals surface area contributed by atoms with Gasteiger partial charge in [0, 0.05) is 5.56 Å². The molecule has 1 heterocycles. The lowest BCUT2D eigenvalue weighted by Gasteiger charge is -2.05. The molecule has 0 bridgehead atoms. The van der Waals surface area contributed by atoms with E-state index in [2.05, 4.69) is 21.6 Å². The molecule has 5 nitrogen and oxygen atoms in total. The van der Waals surface area contributed by atoms with Crippen LogP contribution >= 0.6 is 0 Å². The molecule has 0 radical (unpaired) electrons. The second kappa shape index (κ2) is 5.43. The Morgan fingerprint density at radius 3 is 2.67 bits per heavy atom. The first-order chi connectivity index (χ1) is 8.74. The van der Waals surface area contributed by atoms with E-state index in [-0.39, 0.29) is 6.04 Å². The highest BCUT2D eigenvalue weighted by molar-refractivity contribution is 5.54. The molecule has 0 saturated heterocycles. The van der Waals surface area contributed by atoms with Crippen LogP contribution in [-0.4, -0.2) is 16.7 Å². The topological polar surface area (TPSA) is 74.7 Å². The van der Waals surface area contributed by atoms with Crippen LogP contribution in [0.25, 0.3) is 11.5 Å². The molecule has 1 aromatic heterocycles. The number of nitrogens with one attached hydrogen (secondary N) is 1.